The van der Waals surface area contributed by atoms with Gasteiger partial charge in [0.05, 0.1) is 19.3 Å². The smallest absolute Gasteiger partial charge is 0.194 e. The van der Waals surface area contributed by atoms with Crippen LogP contribution >= 0.6 is 24.0 Å². The first kappa shape index (κ1) is 24.1. The van der Waals surface area contributed by atoms with Gasteiger partial charge in [-0.3, -0.25) is 0 Å². The topological polar surface area (TPSA) is 62.2 Å². The molecule has 0 bridgehead atoms. The summed E-state index contributed by atoms with van der Waals surface area (Å²) in [5.41, 5.74) is 1.12. The van der Waals surface area contributed by atoms with Gasteiger partial charge in [0.2, 0.25) is 0 Å². The average molecular weight is 517 g/mol. The molecule has 0 spiro atoms. The Kier molecular flexibility index (Phi) is 10.4. The Morgan fingerprint density at radius 3 is 2.62 bits per heavy atom. The monoisotopic (exact) mass is 517 g/mol. The van der Waals surface area contributed by atoms with E-state index in [1.807, 2.05) is 6.20 Å². The number of morpholine rings is 1. The van der Waals surface area contributed by atoms with Crippen LogP contribution in [0, 0.1) is 0 Å². The maximum Gasteiger partial charge on any atom is 0.194 e. The van der Waals surface area contributed by atoms with E-state index >= 15 is 0 Å². The Bertz CT molecular complexity index is 618. The molecule has 2 atom stereocenters. The molecular weight excluding hydrogens is 481 g/mol. The summed E-state index contributed by atoms with van der Waals surface area (Å²) in [6.45, 7) is 13.1. The normalized spacial score (nSPS) is 22.3. The van der Waals surface area contributed by atoms with Gasteiger partial charge >= 0.3 is 0 Å². The lowest BCUT2D eigenvalue weighted by Crippen LogP contribution is -2.53. The van der Waals surface area contributed by atoms with Gasteiger partial charge in [0.25, 0.3) is 0 Å². The van der Waals surface area contributed by atoms with Crippen molar-refractivity contribution < 1.29 is 9.47 Å². The van der Waals surface area contributed by atoms with Gasteiger partial charge in [0, 0.05) is 45.5 Å². The fourth-order valence-electron chi connectivity index (χ4n) is 3.83. The summed E-state index contributed by atoms with van der Waals surface area (Å²) >= 11 is 0. The van der Waals surface area contributed by atoms with E-state index in [0.717, 1.165) is 76.1 Å². The number of aromatic nitrogens is 1. The lowest BCUT2D eigenvalue weighted by molar-refractivity contribution is -0.0817. The number of rotatable bonds is 7. The Hall–Kier alpha value is -1.13. The molecule has 2 saturated heterocycles. The minimum atomic E-state index is 0. The predicted molar refractivity (Wildman–Crippen MR) is 128 cm³/mol. The highest BCUT2D eigenvalue weighted by Crippen LogP contribution is 2.21. The van der Waals surface area contributed by atoms with E-state index in [0.29, 0.717) is 6.54 Å². The number of ether oxygens (including phenoxy) is 2. The van der Waals surface area contributed by atoms with Gasteiger partial charge in [0.15, 0.2) is 5.96 Å². The molecule has 0 radical (unpaired) electrons. The summed E-state index contributed by atoms with van der Waals surface area (Å²) in [7, 11) is 0. The van der Waals surface area contributed by atoms with Crippen LogP contribution in [0.3, 0.4) is 0 Å². The quantitative estimate of drug-likeness (QED) is 0.341. The lowest BCUT2D eigenvalue weighted by Gasteiger charge is -2.37. The fourth-order valence-corrected chi connectivity index (χ4v) is 3.83. The van der Waals surface area contributed by atoms with E-state index < -0.39 is 0 Å². The van der Waals surface area contributed by atoms with E-state index in [1.165, 1.54) is 0 Å². The molecule has 3 rings (SSSR count). The van der Waals surface area contributed by atoms with Crippen molar-refractivity contribution >= 4 is 35.8 Å². The molecular formula is C21H36IN5O2. The molecule has 8 heteroatoms. The Balaban J connectivity index is 0.00000300. The minimum Gasteiger partial charge on any atom is -0.375 e. The van der Waals surface area contributed by atoms with Crippen molar-refractivity contribution in [2.75, 3.05) is 50.8 Å². The van der Waals surface area contributed by atoms with Gasteiger partial charge in [-0.1, -0.05) is 6.07 Å². The summed E-state index contributed by atoms with van der Waals surface area (Å²) in [6, 6.07) is 4.22. The predicted octanol–water partition coefficient (Wildman–Crippen LogP) is 2.89. The first-order valence-corrected chi connectivity index (χ1v) is 10.7. The SMILES string of the molecule is CCNC(=NCc1ccc(N(CC)CC)nc1)N1CCOC(C2CCCO2)C1.I. The summed E-state index contributed by atoms with van der Waals surface area (Å²) in [6.07, 6.45) is 4.53. The summed E-state index contributed by atoms with van der Waals surface area (Å²) < 4.78 is 11.8. The number of nitrogens with zero attached hydrogens (tertiary/aromatic N) is 4. The molecule has 164 valence electrons. The van der Waals surface area contributed by atoms with Gasteiger partial charge in [-0.05, 0) is 45.2 Å². The second kappa shape index (κ2) is 12.5. The second-order valence-corrected chi connectivity index (χ2v) is 7.27. The van der Waals surface area contributed by atoms with Crippen molar-refractivity contribution in [3.05, 3.63) is 23.9 Å². The number of hydrogen-bond donors (Lipinski definition) is 1. The van der Waals surface area contributed by atoms with Crippen molar-refractivity contribution in [1.82, 2.24) is 15.2 Å². The zero-order valence-electron chi connectivity index (χ0n) is 18.0. The van der Waals surface area contributed by atoms with Crippen LogP contribution in [0.5, 0.6) is 0 Å². The van der Waals surface area contributed by atoms with Gasteiger partial charge in [-0.2, -0.15) is 0 Å². The van der Waals surface area contributed by atoms with Crippen LogP contribution in [0.4, 0.5) is 5.82 Å². The average Bonchev–Trinajstić information content (AvgIpc) is 3.28. The number of pyridine rings is 1. The van der Waals surface area contributed by atoms with Crippen LogP contribution in [0.2, 0.25) is 0 Å². The zero-order chi connectivity index (χ0) is 19.8. The van der Waals surface area contributed by atoms with Crippen LogP contribution < -0.4 is 10.2 Å². The minimum absolute atomic E-state index is 0. The molecule has 3 heterocycles. The highest BCUT2D eigenvalue weighted by atomic mass is 127. The lowest BCUT2D eigenvalue weighted by atomic mass is 10.1. The van der Waals surface area contributed by atoms with Gasteiger partial charge < -0.3 is 24.6 Å². The third-order valence-corrected chi connectivity index (χ3v) is 5.42. The molecule has 2 aliphatic rings. The zero-order valence-corrected chi connectivity index (χ0v) is 20.3. The molecule has 29 heavy (non-hydrogen) atoms. The van der Waals surface area contributed by atoms with E-state index in [1.54, 1.807) is 0 Å². The highest BCUT2D eigenvalue weighted by molar-refractivity contribution is 14.0. The molecule has 2 unspecified atom stereocenters. The summed E-state index contributed by atoms with van der Waals surface area (Å²) in [5, 5.41) is 3.43. The Labute approximate surface area is 192 Å². The standard InChI is InChI=1S/C21H35N5O2.HI/c1-4-22-21(26-11-13-28-19(16-26)18-8-7-12-27-18)24-15-17-9-10-20(23-14-17)25(5-2)6-3;/h9-10,14,18-19H,4-8,11-13,15-16H2,1-3H3,(H,22,24);1H. The van der Waals surface area contributed by atoms with Crippen LogP contribution in [-0.2, 0) is 16.0 Å². The third-order valence-electron chi connectivity index (χ3n) is 5.42. The van der Waals surface area contributed by atoms with E-state index in [-0.39, 0.29) is 36.2 Å². The van der Waals surface area contributed by atoms with Crippen LogP contribution in [-0.4, -0.2) is 74.0 Å². The third kappa shape index (κ3) is 6.68. The number of aliphatic imine (C=N–C) groups is 1. The van der Waals surface area contributed by atoms with E-state index in [2.05, 4.69) is 53.0 Å². The fraction of sp³-hybridized carbons (Fsp3) is 0.714. The molecule has 2 aliphatic heterocycles. The Morgan fingerprint density at radius 2 is 2.00 bits per heavy atom. The maximum absolute atomic E-state index is 5.98. The highest BCUT2D eigenvalue weighted by Gasteiger charge is 2.32. The molecule has 0 saturated carbocycles. The van der Waals surface area contributed by atoms with Gasteiger partial charge in [-0.25, -0.2) is 9.98 Å². The molecule has 0 aliphatic carbocycles. The van der Waals surface area contributed by atoms with Gasteiger partial charge in [-0.15, -0.1) is 24.0 Å². The first-order valence-electron chi connectivity index (χ1n) is 10.7. The van der Waals surface area contributed by atoms with Crippen molar-refractivity contribution in [2.45, 2.75) is 52.4 Å². The number of halogens is 1. The largest absolute Gasteiger partial charge is 0.375 e. The molecule has 1 aromatic rings. The van der Waals surface area contributed by atoms with E-state index in [4.69, 9.17) is 14.5 Å². The summed E-state index contributed by atoms with van der Waals surface area (Å²) in [4.78, 5) is 14.0. The first-order chi connectivity index (χ1) is 13.7. The molecule has 2 fully saturated rings. The van der Waals surface area contributed by atoms with Crippen molar-refractivity contribution in [3.8, 4) is 0 Å². The van der Waals surface area contributed by atoms with Crippen LogP contribution in [0.25, 0.3) is 0 Å². The molecule has 1 N–H and O–H groups in total. The maximum atomic E-state index is 5.98. The Morgan fingerprint density at radius 1 is 1.21 bits per heavy atom. The molecule has 0 aromatic carbocycles. The van der Waals surface area contributed by atoms with Gasteiger partial charge in [0.1, 0.15) is 11.9 Å². The summed E-state index contributed by atoms with van der Waals surface area (Å²) in [5.74, 6) is 1.97. The number of guanidine groups is 1. The van der Waals surface area contributed by atoms with E-state index in [9.17, 15) is 0 Å². The number of hydrogen-bond acceptors (Lipinski definition) is 5. The molecule has 1 aromatic heterocycles. The van der Waals surface area contributed by atoms with Crippen molar-refractivity contribution in [1.29, 1.82) is 0 Å². The molecule has 7 nitrogen and oxygen atoms in total. The van der Waals surface area contributed by atoms with Crippen molar-refractivity contribution in [2.24, 2.45) is 4.99 Å². The van der Waals surface area contributed by atoms with Crippen LogP contribution in [0.1, 0.15) is 39.2 Å². The van der Waals surface area contributed by atoms with Crippen molar-refractivity contribution in [3.63, 3.8) is 0 Å². The second-order valence-electron chi connectivity index (χ2n) is 7.27. The number of nitrogens with one attached hydrogen (secondary N) is 1. The molecule has 0 amide bonds. The number of anilines is 1. The van der Waals surface area contributed by atoms with Crippen LogP contribution in [0.15, 0.2) is 23.3 Å².